The molecule has 5 rings (SSSR count). The number of carbonyl (C=O) groups excluding carboxylic acids is 1. The van der Waals surface area contributed by atoms with Crippen LogP contribution in [0.1, 0.15) is 59.3 Å². The largest absolute Gasteiger partial charge is 0.458 e. The maximum Gasteiger partial charge on any atom is 0.303 e. The molecule has 3 fully saturated rings. The second-order valence-corrected chi connectivity index (χ2v) is 10.9. The van der Waals surface area contributed by atoms with Gasteiger partial charge in [-0.15, -0.1) is 0 Å². The van der Waals surface area contributed by atoms with Crippen molar-refractivity contribution in [2.75, 3.05) is 13.2 Å². The lowest BCUT2D eigenvalue weighted by molar-refractivity contribution is -0.208. The number of hydrogen-bond donors (Lipinski definition) is 0. The molecule has 0 aromatic rings. The van der Waals surface area contributed by atoms with E-state index in [1.54, 1.807) is 11.1 Å². The zero-order valence-corrected chi connectivity index (χ0v) is 18.7. The molecule has 154 valence electrons. The second-order valence-electron chi connectivity index (χ2n) is 9.81. The molecule has 6 atom stereocenters. The van der Waals surface area contributed by atoms with Gasteiger partial charge in [-0.3, -0.25) is 4.79 Å². The van der Waals surface area contributed by atoms with Crippen LogP contribution in [0, 0.1) is 22.7 Å². The summed E-state index contributed by atoms with van der Waals surface area (Å²) >= 11 is 3.93. The van der Waals surface area contributed by atoms with E-state index in [4.69, 9.17) is 14.2 Å². The van der Waals surface area contributed by atoms with Gasteiger partial charge >= 0.3 is 5.97 Å². The third kappa shape index (κ3) is 2.45. The summed E-state index contributed by atoms with van der Waals surface area (Å²) in [5, 5.41) is 0. The summed E-state index contributed by atoms with van der Waals surface area (Å²) in [5.74, 6) is 0.497. The quantitative estimate of drug-likeness (QED) is 0.323. The van der Waals surface area contributed by atoms with E-state index in [1.807, 2.05) is 0 Å². The minimum atomic E-state index is -0.485. The first kappa shape index (κ1) is 19.3. The molecule has 0 bridgehead atoms. The molecule has 0 amide bonds. The van der Waals surface area contributed by atoms with Crippen LogP contribution in [-0.4, -0.2) is 35.9 Å². The van der Waals surface area contributed by atoms with Crippen molar-refractivity contribution < 1.29 is 19.0 Å². The molecule has 0 radical (unpaired) electrons. The number of hydrogen-bond acceptors (Lipinski definition) is 4. The van der Waals surface area contributed by atoms with E-state index in [2.05, 4.69) is 41.9 Å². The van der Waals surface area contributed by atoms with E-state index >= 15 is 0 Å². The number of alkyl halides is 1. The molecule has 2 saturated carbocycles. The Hall–Kier alpha value is -0.650. The van der Waals surface area contributed by atoms with Crippen LogP contribution in [0.25, 0.3) is 0 Å². The van der Waals surface area contributed by atoms with Crippen LogP contribution in [0.2, 0.25) is 0 Å². The Bertz CT molecular complexity index is 752. The number of rotatable bonds is 1. The normalized spacial score (nSPS) is 46.3. The van der Waals surface area contributed by atoms with Crippen LogP contribution in [0.15, 0.2) is 23.3 Å². The van der Waals surface area contributed by atoms with Gasteiger partial charge in [-0.2, -0.15) is 0 Å². The molecular formula is C23H31BrO4. The Labute approximate surface area is 176 Å². The molecule has 0 aromatic heterocycles. The van der Waals surface area contributed by atoms with Gasteiger partial charge in [-0.05, 0) is 61.9 Å². The van der Waals surface area contributed by atoms with Crippen LogP contribution >= 0.6 is 15.9 Å². The molecule has 4 aliphatic carbocycles. The van der Waals surface area contributed by atoms with Crippen LogP contribution in [0.4, 0.5) is 0 Å². The van der Waals surface area contributed by atoms with Crippen molar-refractivity contribution in [3.05, 3.63) is 23.3 Å². The van der Waals surface area contributed by atoms with Crippen LogP contribution in [0.3, 0.4) is 0 Å². The molecule has 4 unspecified atom stereocenters. The number of fused-ring (bicyclic) bond motifs is 5. The summed E-state index contributed by atoms with van der Waals surface area (Å²) in [5.41, 5.74) is 3.41. The molecule has 1 spiro atoms. The molecule has 4 nitrogen and oxygen atoms in total. The fourth-order valence-corrected chi connectivity index (χ4v) is 8.28. The summed E-state index contributed by atoms with van der Waals surface area (Å²) in [6.07, 6.45) is 11.1. The Morgan fingerprint density at radius 2 is 2.00 bits per heavy atom. The number of ether oxygens (including phenoxy) is 3. The lowest BCUT2D eigenvalue weighted by atomic mass is 9.51. The molecule has 1 heterocycles. The van der Waals surface area contributed by atoms with E-state index in [0.29, 0.717) is 25.0 Å². The minimum Gasteiger partial charge on any atom is -0.458 e. The lowest BCUT2D eigenvalue weighted by Crippen LogP contribution is -2.52. The average Bonchev–Trinajstić information content (AvgIpc) is 3.22. The number of carbonyl (C=O) groups is 1. The Morgan fingerprint density at radius 3 is 2.71 bits per heavy atom. The SMILES string of the molecule is CC(=O)OC1C=C[C@@]2(C)C(CCC3=C4CC(Br)C5(OCCO5)[C@@]4(C)CCC32)C1. The summed E-state index contributed by atoms with van der Waals surface area (Å²) in [6.45, 7) is 7.71. The van der Waals surface area contributed by atoms with Crippen molar-refractivity contribution in [2.24, 2.45) is 22.7 Å². The third-order valence-electron chi connectivity index (χ3n) is 8.59. The van der Waals surface area contributed by atoms with Crippen LogP contribution in [-0.2, 0) is 19.0 Å². The average molecular weight is 451 g/mol. The van der Waals surface area contributed by atoms with Gasteiger partial charge in [-0.25, -0.2) is 0 Å². The van der Waals surface area contributed by atoms with Crippen molar-refractivity contribution in [1.29, 1.82) is 0 Å². The Balaban J connectivity index is 1.51. The van der Waals surface area contributed by atoms with Crippen molar-refractivity contribution in [3.8, 4) is 0 Å². The predicted molar refractivity (Wildman–Crippen MR) is 110 cm³/mol. The van der Waals surface area contributed by atoms with Gasteiger partial charge in [0.25, 0.3) is 0 Å². The van der Waals surface area contributed by atoms with Crippen LogP contribution in [0.5, 0.6) is 0 Å². The zero-order chi connectivity index (χ0) is 19.7. The zero-order valence-electron chi connectivity index (χ0n) is 17.1. The molecule has 28 heavy (non-hydrogen) atoms. The summed E-state index contributed by atoms with van der Waals surface area (Å²) in [6, 6.07) is 0. The Morgan fingerprint density at radius 1 is 1.25 bits per heavy atom. The monoisotopic (exact) mass is 450 g/mol. The number of halogens is 1. The van der Waals surface area contributed by atoms with Gasteiger partial charge in [0.2, 0.25) is 0 Å². The van der Waals surface area contributed by atoms with E-state index in [-0.39, 0.29) is 27.7 Å². The molecule has 0 aromatic carbocycles. The number of esters is 1. The van der Waals surface area contributed by atoms with Gasteiger partial charge in [-0.1, -0.05) is 47.0 Å². The summed E-state index contributed by atoms with van der Waals surface area (Å²) in [7, 11) is 0. The van der Waals surface area contributed by atoms with Gasteiger partial charge in [0.05, 0.1) is 18.0 Å². The fraction of sp³-hybridized carbons (Fsp3) is 0.783. The first-order chi connectivity index (χ1) is 13.3. The predicted octanol–water partition coefficient (Wildman–Crippen LogP) is 4.92. The smallest absolute Gasteiger partial charge is 0.303 e. The van der Waals surface area contributed by atoms with Gasteiger partial charge in [0, 0.05) is 12.3 Å². The molecular weight excluding hydrogens is 420 g/mol. The topological polar surface area (TPSA) is 44.8 Å². The molecule has 1 aliphatic heterocycles. The van der Waals surface area contributed by atoms with Crippen molar-refractivity contribution in [1.82, 2.24) is 0 Å². The summed E-state index contributed by atoms with van der Waals surface area (Å²) in [4.78, 5) is 11.6. The highest BCUT2D eigenvalue weighted by Crippen LogP contribution is 2.67. The second kappa shape index (κ2) is 6.42. The lowest BCUT2D eigenvalue weighted by Gasteiger charge is -2.55. The van der Waals surface area contributed by atoms with Gasteiger partial charge < -0.3 is 14.2 Å². The van der Waals surface area contributed by atoms with E-state index in [9.17, 15) is 4.79 Å². The van der Waals surface area contributed by atoms with E-state index in [0.717, 1.165) is 25.7 Å². The highest BCUT2D eigenvalue weighted by atomic mass is 79.9. The Kier molecular flexibility index (Phi) is 4.43. The molecule has 5 aliphatic rings. The summed E-state index contributed by atoms with van der Waals surface area (Å²) < 4.78 is 18.1. The maximum absolute atomic E-state index is 11.4. The minimum absolute atomic E-state index is 0.0225. The molecule has 0 N–H and O–H groups in total. The first-order valence-electron chi connectivity index (χ1n) is 10.8. The van der Waals surface area contributed by atoms with E-state index < -0.39 is 5.79 Å². The van der Waals surface area contributed by atoms with Gasteiger partial charge in [0.15, 0.2) is 5.79 Å². The first-order valence-corrected chi connectivity index (χ1v) is 11.7. The third-order valence-corrected chi connectivity index (χ3v) is 9.51. The standard InChI is InChI=1S/C23H31BrO4/c1-14(25)28-16-6-8-21(2)15(12-16)4-5-17-18(21)7-9-22(3)19(17)13-20(24)23(22)26-10-11-27-23/h6,8,15-16,18,20H,4-5,7,9-13H2,1-3H3/t15?,16?,18?,20?,21-,22-/m0/s1. The molecule has 5 heteroatoms. The highest BCUT2D eigenvalue weighted by molar-refractivity contribution is 9.09. The number of allylic oxidation sites excluding steroid dienone is 2. The highest BCUT2D eigenvalue weighted by Gasteiger charge is 2.66. The van der Waals surface area contributed by atoms with E-state index in [1.165, 1.54) is 19.8 Å². The fourth-order valence-electron chi connectivity index (χ4n) is 7.19. The maximum atomic E-state index is 11.4. The van der Waals surface area contributed by atoms with Crippen LogP contribution < -0.4 is 0 Å². The molecule has 1 saturated heterocycles. The van der Waals surface area contributed by atoms with Crippen molar-refractivity contribution in [3.63, 3.8) is 0 Å². The van der Waals surface area contributed by atoms with Gasteiger partial charge in [0.1, 0.15) is 6.10 Å². The van der Waals surface area contributed by atoms with Crippen molar-refractivity contribution >= 4 is 21.9 Å². The van der Waals surface area contributed by atoms with Crippen molar-refractivity contribution in [2.45, 2.75) is 76.0 Å².